The fourth-order valence-corrected chi connectivity index (χ4v) is 5.36. The molecule has 1 aliphatic heterocycles. The Labute approximate surface area is 250 Å². The number of carbonyl (C=O) groups excluding carboxylic acids is 1. The number of anilines is 4. The predicted molar refractivity (Wildman–Crippen MR) is 168 cm³/mol. The molecule has 6 rings (SSSR count). The number of rotatable bonds is 8. The monoisotopic (exact) mass is 575 g/mol. The van der Waals surface area contributed by atoms with Crippen LogP contribution in [0, 0.1) is 19.7 Å². The SMILES string of the molecule is Cc1ccc2cccc(CNC3CCN(C(=O)c4ccc(Nc5nccc(Nc6ccc(F)c(C)c6)n5)cc4)CC3)c2n1. The van der Waals surface area contributed by atoms with Crippen molar-refractivity contribution in [1.82, 2.24) is 25.2 Å². The van der Waals surface area contributed by atoms with E-state index >= 15 is 0 Å². The first-order valence-electron chi connectivity index (χ1n) is 14.5. The lowest BCUT2D eigenvalue weighted by molar-refractivity contribution is 0.0705. The van der Waals surface area contributed by atoms with Gasteiger partial charge in [-0.2, -0.15) is 4.98 Å². The van der Waals surface area contributed by atoms with E-state index in [1.54, 1.807) is 31.3 Å². The average molecular weight is 576 g/mol. The number of benzene rings is 3. The van der Waals surface area contributed by atoms with Crippen molar-refractivity contribution in [3.05, 3.63) is 113 Å². The largest absolute Gasteiger partial charge is 0.340 e. The van der Waals surface area contributed by atoms with Crippen molar-refractivity contribution in [2.75, 3.05) is 23.7 Å². The number of hydrogen-bond donors (Lipinski definition) is 3. The summed E-state index contributed by atoms with van der Waals surface area (Å²) in [4.78, 5) is 28.7. The number of nitrogens with one attached hydrogen (secondary N) is 3. The lowest BCUT2D eigenvalue weighted by Crippen LogP contribution is -2.44. The summed E-state index contributed by atoms with van der Waals surface area (Å²) in [5.41, 5.74) is 5.98. The zero-order valence-corrected chi connectivity index (χ0v) is 24.3. The van der Waals surface area contributed by atoms with Gasteiger partial charge >= 0.3 is 0 Å². The van der Waals surface area contributed by atoms with Crippen LogP contribution >= 0.6 is 0 Å². The van der Waals surface area contributed by atoms with E-state index in [0.717, 1.165) is 47.4 Å². The van der Waals surface area contributed by atoms with Gasteiger partial charge in [0.25, 0.3) is 5.91 Å². The number of hydrogen-bond acceptors (Lipinski definition) is 7. The number of piperidine rings is 1. The van der Waals surface area contributed by atoms with E-state index in [0.29, 0.717) is 42.0 Å². The standard InChI is InChI=1S/C34H34FN7O/c1-22-20-29(12-13-30(22)35)39-31-14-17-36-34(41-31)40-28-10-8-25(9-11-28)33(43)42-18-15-27(16-19-42)37-21-26-5-3-4-24-7-6-23(2)38-32(24)26/h3-14,17,20,27,37H,15-16,18-19,21H2,1-2H3,(H2,36,39,40,41). The van der Waals surface area contributed by atoms with Gasteiger partial charge in [0.2, 0.25) is 5.95 Å². The van der Waals surface area contributed by atoms with Crippen molar-refractivity contribution in [1.29, 1.82) is 0 Å². The summed E-state index contributed by atoms with van der Waals surface area (Å²) in [6.45, 7) is 5.92. The van der Waals surface area contributed by atoms with Crippen molar-refractivity contribution in [2.24, 2.45) is 0 Å². The van der Waals surface area contributed by atoms with Crippen LogP contribution in [0.5, 0.6) is 0 Å². The van der Waals surface area contributed by atoms with Crippen LogP contribution in [0.2, 0.25) is 0 Å². The van der Waals surface area contributed by atoms with Crippen LogP contribution in [0.15, 0.2) is 85.1 Å². The number of likely N-dealkylation sites (tertiary alicyclic amines) is 1. The van der Waals surface area contributed by atoms with Gasteiger partial charge in [0.05, 0.1) is 5.52 Å². The minimum absolute atomic E-state index is 0.0377. The molecule has 2 aromatic heterocycles. The molecule has 0 atom stereocenters. The Morgan fingerprint density at radius 3 is 2.49 bits per heavy atom. The van der Waals surface area contributed by atoms with Crippen LogP contribution < -0.4 is 16.0 Å². The van der Waals surface area contributed by atoms with E-state index in [9.17, 15) is 9.18 Å². The molecular formula is C34H34FN7O. The molecule has 218 valence electrons. The van der Waals surface area contributed by atoms with E-state index in [2.05, 4.69) is 50.2 Å². The van der Waals surface area contributed by atoms with Crippen molar-refractivity contribution in [3.8, 4) is 0 Å². The molecule has 1 saturated heterocycles. The second kappa shape index (κ2) is 12.5. The average Bonchev–Trinajstić information content (AvgIpc) is 3.02. The van der Waals surface area contributed by atoms with E-state index in [1.165, 1.54) is 11.6 Å². The zero-order valence-electron chi connectivity index (χ0n) is 24.3. The van der Waals surface area contributed by atoms with E-state index in [1.807, 2.05) is 42.2 Å². The highest BCUT2D eigenvalue weighted by Gasteiger charge is 2.23. The normalized spacial score (nSPS) is 13.7. The number of aromatic nitrogens is 3. The molecule has 1 aliphatic rings. The molecular weight excluding hydrogens is 541 g/mol. The number of fused-ring (bicyclic) bond motifs is 1. The van der Waals surface area contributed by atoms with Gasteiger partial charge in [-0.3, -0.25) is 9.78 Å². The van der Waals surface area contributed by atoms with Crippen LogP contribution in [-0.2, 0) is 6.54 Å². The maximum Gasteiger partial charge on any atom is 0.253 e. The molecule has 0 saturated carbocycles. The maximum absolute atomic E-state index is 13.6. The molecule has 3 heterocycles. The predicted octanol–water partition coefficient (Wildman–Crippen LogP) is 6.66. The van der Waals surface area contributed by atoms with Gasteiger partial charge in [-0.05, 0) is 92.4 Å². The van der Waals surface area contributed by atoms with Gasteiger partial charge < -0.3 is 20.9 Å². The van der Waals surface area contributed by atoms with E-state index in [-0.39, 0.29) is 11.7 Å². The Kier molecular flexibility index (Phi) is 8.24. The van der Waals surface area contributed by atoms with Gasteiger partial charge in [-0.1, -0.05) is 24.3 Å². The fourth-order valence-electron chi connectivity index (χ4n) is 5.36. The van der Waals surface area contributed by atoms with Crippen LogP contribution in [0.1, 0.15) is 40.0 Å². The van der Waals surface area contributed by atoms with Gasteiger partial charge in [-0.15, -0.1) is 0 Å². The molecule has 43 heavy (non-hydrogen) atoms. The fraction of sp³-hybridized carbons (Fsp3) is 0.235. The number of para-hydroxylation sites is 1. The van der Waals surface area contributed by atoms with Crippen molar-refractivity contribution >= 4 is 40.0 Å². The molecule has 8 nitrogen and oxygen atoms in total. The van der Waals surface area contributed by atoms with Gasteiger partial charge in [-0.25, -0.2) is 9.37 Å². The first-order valence-corrected chi connectivity index (χ1v) is 14.5. The lowest BCUT2D eigenvalue weighted by atomic mass is 10.0. The maximum atomic E-state index is 13.6. The van der Waals surface area contributed by atoms with Crippen LogP contribution in [-0.4, -0.2) is 44.9 Å². The molecule has 1 fully saturated rings. The molecule has 3 N–H and O–H groups in total. The van der Waals surface area contributed by atoms with Crippen molar-refractivity contribution < 1.29 is 9.18 Å². The summed E-state index contributed by atoms with van der Waals surface area (Å²) in [7, 11) is 0. The third kappa shape index (κ3) is 6.79. The molecule has 0 radical (unpaired) electrons. The summed E-state index contributed by atoms with van der Waals surface area (Å²) < 4.78 is 13.6. The molecule has 0 bridgehead atoms. The van der Waals surface area contributed by atoms with E-state index in [4.69, 9.17) is 4.98 Å². The summed E-state index contributed by atoms with van der Waals surface area (Å²) in [6.07, 6.45) is 3.45. The number of nitrogens with zero attached hydrogens (tertiary/aromatic N) is 4. The summed E-state index contributed by atoms with van der Waals surface area (Å²) >= 11 is 0. The molecule has 0 aliphatic carbocycles. The van der Waals surface area contributed by atoms with Crippen molar-refractivity contribution in [3.63, 3.8) is 0 Å². The first-order chi connectivity index (χ1) is 20.9. The van der Waals surface area contributed by atoms with E-state index < -0.39 is 0 Å². The Morgan fingerprint density at radius 1 is 0.907 bits per heavy atom. The first kappa shape index (κ1) is 28.2. The number of amides is 1. The topological polar surface area (TPSA) is 95.1 Å². The summed E-state index contributed by atoms with van der Waals surface area (Å²) in [5, 5.41) is 11.2. The molecule has 5 aromatic rings. The number of halogens is 1. The van der Waals surface area contributed by atoms with Crippen LogP contribution in [0.3, 0.4) is 0 Å². The Balaban J connectivity index is 1.01. The van der Waals surface area contributed by atoms with Crippen LogP contribution in [0.4, 0.5) is 27.5 Å². The molecule has 1 amide bonds. The van der Waals surface area contributed by atoms with Gasteiger partial charge in [0, 0.05) is 59.9 Å². The Morgan fingerprint density at radius 2 is 1.70 bits per heavy atom. The molecule has 9 heteroatoms. The highest BCUT2D eigenvalue weighted by molar-refractivity contribution is 5.94. The second-order valence-corrected chi connectivity index (χ2v) is 10.9. The molecule has 0 unspecified atom stereocenters. The molecule has 3 aromatic carbocycles. The third-order valence-electron chi connectivity index (χ3n) is 7.78. The second-order valence-electron chi connectivity index (χ2n) is 10.9. The van der Waals surface area contributed by atoms with Gasteiger partial charge in [0.1, 0.15) is 11.6 Å². The highest BCUT2D eigenvalue weighted by atomic mass is 19.1. The summed E-state index contributed by atoms with van der Waals surface area (Å²) in [6, 6.07) is 24.7. The summed E-state index contributed by atoms with van der Waals surface area (Å²) in [5.74, 6) is 0.777. The quantitative estimate of drug-likeness (QED) is 0.190. The lowest BCUT2D eigenvalue weighted by Gasteiger charge is -2.32. The number of pyridine rings is 1. The smallest absolute Gasteiger partial charge is 0.253 e. The van der Waals surface area contributed by atoms with Gasteiger partial charge in [0.15, 0.2) is 0 Å². The minimum atomic E-state index is -0.250. The molecule has 0 spiro atoms. The number of aryl methyl sites for hydroxylation is 2. The van der Waals surface area contributed by atoms with Crippen molar-refractivity contribution in [2.45, 2.75) is 39.3 Å². The Bertz CT molecular complexity index is 1750. The third-order valence-corrected chi connectivity index (χ3v) is 7.78. The Hall–Kier alpha value is -4.89. The minimum Gasteiger partial charge on any atom is -0.340 e. The highest BCUT2D eigenvalue weighted by Crippen LogP contribution is 2.22. The zero-order chi connectivity index (χ0) is 29.8. The number of carbonyl (C=O) groups is 1. The van der Waals surface area contributed by atoms with Crippen LogP contribution in [0.25, 0.3) is 10.9 Å².